The van der Waals surface area contributed by atoms with Gasteiger partial charge in [-0.05, 0) is 30.4 Å². The van der Waals surface area contributed by atoms with Crippen molar-refractivity contribution >= 4 is 55.3 Å². The number of halogens is 2. The zero-order valence-electron chi connectivity index (χ0n) is 13.5. The quantitative estimate of drug-likeness (QED) is 0.294. The molecule has 0 aromatic heterocycles. The summed E-state index contributed by atoms with van der Waals surface area (Å²) in [4.78, 5) is 39.2. The number of amides is 2. The normalized spacial score (nSPS) is 36.0. The Kier molecular flexibility index (Phi) is 4.27. The van der Waals surface area contributed by atoms with Crippen LogP contribution in [-0.4, -0.2) is 27.4 Å². The van der Waals surface area contributed by atoms with Gasteiger partial charge in [-0.1, -0.05) is 44.8 Å². The van der Waals surface area contributed by atoms with Gasteiger partial charge in [0.15, 0.2) is 0 Å². The molecule has 0 unspecified atom stereocenters. The van der Waals surface area contributed by atoms with Crippen molar-refractivity contribution < 1.29 is 19.1 Å². The molecule has 2 bridgehead atoms. The molecule has 2 saturated carbocycles. The van der Waals surface area contributed by atoms with Crippen LogP contribution in [0.3, 0.4) is 0 Å². The Morgan fingerprint density at radius 1 is 1.16 bits per heavy atom. The van der Waals surface area contributed by atoms with Crippen LogP contribution in [0.1, 0.15) is 19.8 Å². The minimum Gasteiger partial charge on any atom is -0.426 e. The zero-order chi connectivity index (χ0) is 17.9. The first-order valence-corrected chi connectivity index (χ1v) is 10.2. The summed E-state index contributed by atoms with van der Waals surface area (Å²) in [5, 5.41) is 0. The summed E-state index contributed by atoms with van der Waals surface area (Å²) in [6.07, 6.45) is 1.17. The lowest BCUT2D eigenvalue weighted by Gasteiger charge is -2.28. The molecule has 0 N–H and O–H groups in total. The molecule has 2 aliphatic carbocycles. The van der Waals surface area contributed by atoms with Gasteiger partial charge >= 0.3 is 5.97 Å². The minimum atomic E-state index is -0.351. The molecule has 6 atom stereocenters. The van der Waals surface area contributed by atoms with Crippen molar-refractivity contribution in [1.29, 1.82) is 0 Å². The number of carbonyl (C=O) groups is 3. The van der Waals surface area contributed by atoms with E-state index in [1.54, 1.807) is 31.2 Å². The number of carbonyl (C=O) groups excluding carboxylic acids is 3. The highest BCUT2D eigenvalue weighted by Gasteiger charge is 2.66. The monoisotopic (exact) mass is 469 g/mol. The van der Waals surface area contributed by atoms with Crippen LogP contribution in [0.15, 0.2) is 24.3 Å². The second kappa shape index (κ2) is 6.20. The third-order valence-electron chi connectivity index (χ3n) is 5.58. The van der Waals surface area contributed by atoms with Crippen molar-refractivity contribution in [3.63, 3.8) is 0 Å². The average molecular weight is 471 g/mol. The van der Waals surface area contributed by atoms with Crippen molar-refractivity contribution in [3.8, 4) is 5.75 Å². The maximum absolute atomic E-state index is 13.0. The Morgan fingerprint density at radius 3 is 2.32 bits per heavy atom. The molecule has 4 rings (SSSR count). The van der Waals surface area contributed by atoms with E-state index >= 15 is 0 Å². The zero-order valence-corrected chi connectivity index (χ0v) is 16.7. The van der Waals surface area contributed by atoms with Crippen LogP contribution in [0.2, 0.25) is 0 Å². The van der Waals surface area contributed by atoms with E-state index in [4.69, 9.17) is 4.74 Å². The van der Waals surface area contributed by atoms with Gasteiger partial charge < -0.3 is 4.74 Å². The molecule has 1 aromatic carbocycles. The van der Waals surface area contributed by atoms with E-state index in [2.05, 4.69) is 31.9 Å². The molecule has 1 saturated heterocycles. The molecule has 25 heavy (non-hydrogen) atoms. The first-order chi connectivity index (χ1) is 11.9. The predicted molar refractivity (Wildman–Crippen MR) is 98.9 cm³/mol. The smallest absolute Gasteiger partial charge is 0.310 e. The Balaban J connectivity index is 1.65. The van der Waals surface area contributed by atoms with E-state index in [0.717, 1.165) is 6.42 Å². The molecule has 0 spiro atoms. The van der Waals surface area contributed by atoms with Gasteiger partial charge in [0.05, 0.1) is 17.5 Å². The van der Waals surface area contributed by atoms with Crippen molar-refractivity contribution in [2.75, 3.05) is 4.90 Å². The number of alkyl halides is 2. The second-order valence-corrected chi connectivity index (χ2v) is 8.96. The predicted octanol–water partition coefficient (Wildman–Crippen LogP) is 3.28. The highest BCUT2D eigenvalue weighted by Crippen LogP contribution is 2.60. The average Bonchev–Trinajstić information content (AvgIpc) is 3.20. The molecule has 0 radical (unpaired) electrons. The van der Waals surface area contributed by atoms with Crippen LogP contribution in [0.25, 0.3) is 0 Å². The molecule has 7 heteroatoms. The van der Waals surface area contributed by atoms with E-state index in [9.17, 15) is 14.4 Å². The van der Waals surface area contributed by atoms with Gasteiger partial charge in [0, 0.05) is 22.1 Å². The van der Waals surface area contributed by atoms with Gasteiger partial charge in [-0.3, -0.25) is 14.4 Å². The van der Waals surface area contributed by atoms with E-state index in [1.807, 2.05) is 0 Å². The van der Waals surface area contributed by atoms with Crippen LogP contribution >= 0.6 is 31.9 Å². The minimum absolute atomic E-state index is 0.134. The van der Waals surface area contributed by atoms with Gasteiger partial charge in [0.2, 0.25) is 11.8 Å². The lowest BCUT2D eigenvalue weighted by Crippen LogP contribution is -2.37. The van der Waals surface area contributed by atoms with Crippen molar-refractivity contribution in [2.45, 2.75) is 29.4 Å². The van der Waals surface area contributed by atoms with E-state index in [0.29, 0.717) is 11.4 Å². The Bertz CT molecular complexity index is 735. The first kappa shape index (κ1) is 17.2. The largest absolute Gasteiger partial charge is 0.426 e. The molecular weight excluding hydrogens is 454 g/mol. The third kappa shape index (κ3) is 2.50. The van der Waals surface area contributed by atoms with Crippen molar-refractivity contribution in [3.05, 3.63) is 24.3 Å². The number of nitrogens with zero attached hydrogens (tertiary/aromatic N) is 1. The molecule has 1 heterocycles. The highest BCUT2D eigenvalue weighted by molar-refractivity contribution is 9.12. The number of anilines is 1. The number of fused-ring (bicyclic) bond motifs is 5. The van der Waals surface area contributed by atoms with Crippen molar-refractivity contribution in [2.24, 2.45) is 23.7 Å². The Hall–Kier alpha value is -1.21. The maximum Gasteiger partial charge on any atom is 0.310 e. The Morgan fingerprint density at radius 2 is 1.76 bits per heavy atom. The molecule has 132 valence electrons. The number of ether oxygens (including phenoxy) is 1. The number of hydrogen-bond acceptors (Lipinski definition) is 4. The molecule has 2 amide bonds. The standard InChI is InChI=1S/C18H17Br2NO4/c1-2-12(22)25-9-5-3-4-8(6-9)21-17(23)13-10-7-11(14(13)18(21)24)16(20)15(10)19/h3-6,10-11,13-16H,2,7H2,1H3/t10-,11-,13-,14-,15+,16+/m1/s1. The molecule has 5 nitrogen and oxygen atoms in total. The van der Waals surface area contributed by atoms with E-state index in [-0.39, 0.29) is 57.5 Å². The number of imide groups is 1. The van der Waals surface area contributed by atoms with E-state index < -0.39 is 0 Å². The fraction of sp³-hybridized carbons (Fsp3) is 0.500. The molecule has 3 fully saturated rings. The van der Waals surface area contributed by atoms with Gasteiger partial charge in [-0.2, -0.15) is 0 Å². The fourth-order valence-electron chi connectivity index (χ4n) is 4.49. The highest BCUT2D eigenvalue weighted by atomic mass is 79.9. The van der Waals surface area contributed by atoms with Crippen LogP contribution in [-0.2, 0) is 14.4 Å². The van der Waals surface area contributed by atoms with Crippen LogP contribution in [0.5, 0.6) is 5.75 Å². The number of benzene rings is 1. The summed E-state index contributed by atoms with van der Waals surface area (Å²) in [6.45, 7) is 1.71. The first-order valence-electron chi connectivity index (χ1n) is 8.40. The topological polar surface area (TPSA) is 63.7 Å². The number of esters is 1. The van der Waals surface area contributed by atoms with Crippen molar-refractivity contribution in [1.82, 2.24) is 0 Å². The van der Waals surface area contributed by atoms with Gasteiger partial charge in [0.25, 0.3) is 0 Å². The third-order valence-corrected chi connectivity index (χ3v) is 8.79. The summed E-state index contributed by atoms with van der Waals surface area (Å²) in [5.74, 6) is -0.411. The second-order valence-electron chi connectivity index (χ2n) is 6.84. The summed E-state index contributed by atoms with van der Waals surface area (Å²) in [6, 6.07) is 6.63. The maximum atomic E-state index is 13.0. The fourth-order valence-corrected chi connectivity index (χ4v) is 6.37. The number of rotatable bonds is 3. The van der Waals surface area contributed by atoms with E-state index in [1.165, 1.54) is 4.90 Å². The summed E-state index contributed by atoms with van der Waals surface area (Å²) in [5.41, 5.74) is 0.474. The summed E-state index contributed by atoms with van der Waals surface area (Å²) < 4.78 is 5.21. The molecule has 1 aromatic rings. The van der Waals surface area contributed by atoms with Crippen LogP contribution < -0.4 is 9.64 Å². The van der Waals surface area contributed by atoms with Gasteiger partial charge in [-0.25, -0.2) is 4.90 Å². The molecule has 1 aliphatic heterocycles. The summed E-state index contributed by atoms with van der Waals surface area (Å²) in [7, 11) is 0. The lowest BCUT2D eigenvalue weighted by molar-refractivity contribution is -0.134. The number of hydrogen-bond donors (Lipinski definition) is 0. The van der Waals surface area contributed by atoms with Crippen LogP contribution in [0.4, 0.5) is 5.69 Å². The molecule has 3 aliphatic rings. The van der Waals surface area contributed by atoms with Gasteiger partial charge in [0.1, 0.15) is 5.75 Å². The molecular formula is C18H17Br2NO4. The Labute approximate surface area is 162 Å². The van der Waals surface area contributed by atoms with Gasteiger partial charge in [-0.15, -0.1) is 0 Å². The SMILES string of the molecule is CCC(=O)Oc1cccc(N2C(=O)[C@@H]3[C@H]4C[C@@H]([C@H](Br)[C@H]4Br)[C@H]3C2=O)c1. The summed E-state index contributed by atoms with van der Waals surface area (Å²) >= 11 is 7.36. The lowest BCUT2D eigenvalue weighted by atomic mass is 9.81. The van der Waals surface area contributed by atoms with Crippen LogP contribution in [0, 0.1) is 23.7 Å².